The van der Waals surface area contributed by atoms with Crippen LogP contribution in [0.4, 0.5) is 4.39 Å². The molecule has 0 bridgehead atoms. The normalized spacial score (nSPS) is 10.0. The van der Waals surface area contributed by atoms with E-state index >= 15 is 0 Å². The van der Waals surface area contributed by atoms with Gasteiger partial charge in [-0.15, -0.1) is 0 Å². The van der Waals surface area contributed by atoms with Gasteiger partial charge in [-0.1, -0.05) is 11.6 Å². The van der Waals surface area contributed by atoms with Crippen molar-refractivity contribution in [2.24, 2.45) is 5.73 Å². The van der Waals surface area contributed by atoms with E-state index in [0.717, 1.165) is 0 Å². The molecular weight excluding hydrogens is 181 g/mol. The Morgan fingerprint density at radius 1 is 1.58 bits per heavy atom. The standard InChI is InChI=1S/C8H9ClFNO/c1-12-7-3-2-6(10)5(4-11)8(7)9/h2-3H,4,11H2,1H3. The molecule has 0 atom stereocenters. The number of halogens is 2. The third-order valence-corrected chi connectivity index (χ3v) is 1.99. The number of nitrogens with two attached hydrogens (primary N) is 1. The Hall–Kier alpha value is -0.800. The molecule has 0 aromatic heterocycles. The van der Waals surface area contributed by atoms with Crippen LogP contribution in [0.5, 0.6) is 5.75 Å². The number of hydrogen-bond donors (Lipinski definition) is 1. The minimum Gasteiger partial charge on any atom is -0.495 e. The van der Waals surface area contributed by atoms with E-state index < -0.39 is 5.82 Å². The Labute approximate surface area is 75.1 Å². The van der Waals surface area contributed by atoms with Crippen molar-refractivity contribution in [2.75, 3.05) is 7.11 Å². The largest absolute Gasteiger partial charge is 0.495 e. The lowest BCUT2D eigenvalue weighted by atomic mass is 10.2. The average Bonchev–Trinajstić information content (AvgIpc) is 2.06. The van der Waals surface area contributed by atoms with Crippen LogP contribution < -0.4 is 10.5 Å². The van der Waals surface area contributed by atoms with E-state index in [2.05, 4.69) is 0 Å². The van der Waals surface area contributed by atoms with E-state index in [-0.39, 0.29) is 17.1 Å². The molecule has 0 radical (unpaired) electrons. The van der Waals surface area contributed by atoms with E-state index in [1.807, 2.05) is 0 Å². The zero-order valence-corrected chi connectivity index (χ0v) is 7.36. The zero-order valence-electron chi connectivity index (χ0n) is 6.60. The predicted octanol–water partition coefficient (Wildman–Crippen LogP) is 1.95. The summed E-state index contributed by atoms with van der Waals surface area (Å²) in [6, 6.07) is 2.75. The van der Waals surface area contributed by atoms with Crippen molar-refractivity contribution in [3.8, 4) is 5.75 Å². The quantitative estimate of drug-likeness (QED) is 0.772. The molecule has 0 aliphatic heterocycles. The highest BCUT2D eigenvalue weighted by atomic mass is 35.5. The lowest BCUT2D eigenvalue weighted by molar-refractivity contribution is 0.413. The molecule has 2 nitrogen and oxygen atoms in total. The number of hydrogen-bond acceptors (Lipinski definition) is 2. The average molecular weight is 190 g/mol. The molecule has 0 saturated carbocycles. The maximum atomic E-state index is 12.9. The molecule has 0 aliphatic carbocycles. The minimum absolute atomic E-state index is 0.0713. The smallest absolute Gasteiger partial charge is 0.137 e. The monoisotopic (exact) mass is 189 g/mol. The third kappa shape index (κ3) is 1.52. The Bertz CT molecular complexity index is 291. The number of methoxy groups -OCH3 is 1. The summed E-state index contributed by atoms with van der Waals surface area (Å²) in [5.74, 6) is 0.0433. The number of ether oxygens (including phenoxy) is 1. The fraction of sp³-hybridized carbons (Fsp3) is 0.250. The summed E-state index contributed by atoms with van der Waals surface area (Å²) in [7, 11) is 1.47. The van der Waals surface area contributed by atoms with Gasteiger partial charge >= 0.3 is 0 Å². The van der Waals surface area contributed by atoms with Gasteiger partial charge in [0, 0.05) is 12.1 Å². The second-order valence-corrected chi connectivity index (χ2v) is 2.62. The molecule has 12 heavy (non-hydrogen) atoms. The molecule has 2 N–H and O–H groups in total. The summed E-state index contributed by atoms with van der Waals surface area (Å²) in [6.07, 6.45) is 0. The van der Waals surface area contributed by atoms with Gasteiger partial charge in [0.05, 0.1) is 12.1 Å². The van der Waals surface area contributed by atoms with Gasteiger partial charge in [0.25, 0.3) is 0 Å². The highest BCUT2D eigenvalue weighted by molar-refractivity contribution is 6.32. The Kier molecular flexibility index (Phi) is 2.89. The van der Waals surface area contributed by atoms with Crippen LogP contribution in [0.25, 0.3) is 0 Å². The van der Waals surface area contributed by atoms with Crippen molar-refractivity contribution in [1.82, 2.24) is 0 Å². The van der Waals surface area contributed by atoms with E-state index in [1.54, 1.807) is 0 Å². The molecule has 1 rings (SSSR count). The van der Waals surface area contributed by atoms with Gasteiger partial charge in [-0.25, -0.2) is 4.39 Å². The topological polar surface area (TPSA) is 35.2 Å². The van der Waals surface area contributed by atoms with Crippen LogP contribution in [0.15, 0.2) is 12.1 Å². The van der Waals surface area contributed by atoms with E-state index in [0.29, 0.717) is 5.75 Å². The molecule has 0 saturated heterocycles. The van der Waals surface area contributed by atoms with E-state index in [1.165, 1.54) is 19.2 Å². The van der Waals surface area contributed by atoms with E-state index in [4.69, 9.17) is 22.1 Å². The molecule has 4 heteroatoms. The van der Waals surface area contributed by atoms with E-state index in [9.17, 15) is 4.39 Å². The van der Waals surface area contributed by atoms with Crippen molar-refractivity contribution < 1.29 is 9.13 Å². The molecule has 66 valence electrons. The fourth-order valence-electron chi connectivity index (χ4n) is 0.921. The van der Waals surface area contributed by atoms with Gasteiger partial charge in [-0.05, 0) is 12.1 Å². The molecule has 0 amide bonds. The van der Waals surface area contributed by atoms with Crippen LogP contribution in [0.3, 0.4) is 0 Å². The fourth-order valence-corrected chi connectivity index (χ4v) is 1.23. The van der Waals surface area contributed by atoms with Crippen molar-refractivity contribution in [3.05, 3.63) is 28.5 Å². The second-order valence-electron chi connectivity index (χ2n) is 2.25. The van der Waals surface area contributed by atoms with Crippen LogP contribution in [-0.2, 0) is 6.54 Å². The third-order valence-electron chi connectivity index (χ3n) is 1.57. The highest BCUT2D eigenvalue weighted by Gasteiger charge is 2.09. The highest BCUT2D eigenvalue weighted by Crippen LogP contribution is 2.29. The van der Waals surface area contributed by atoms with Crippen LogP contribution in [-0.4, -0.2) is 7.11 Å². The van der Waals surface area contributed by atoms with Gasteiger partial charge in [0.15, 0.2) is 0 Å². The van der Waals surface area contributed by atoms with Crippen molar-refractivity contribution in [2.45, 2.75) is 6.54 Å². The second kappa shape index (κ2) is 3.74. The molecule has 1 aromatic carbocycles. The van der Waals surface area contributed by atoms with Crippen LogP contribution in [0, 0.1) is 5.82 Å². The number of rotatable bonds is 2. The lowest BCUT2D eigenvalue weighted by Gasteiger charge is -2.07. The molecular formula is C8H9ClFNO. The summed E-state index contributed by atoms with van der Waals surface area (Å²) < 4.78 is 17.8. The minimum atomic E-state index is -0.400. The first-order chi connectivity index (χ1) is 5.70. The predicted molar refractivity (Wildman–Crippen MR) is 45.9 cm³/mol. The first-order valence-electron chi connectivity index (χ1n) is 3.41. The molecule has 0 heterocycles. The number of benzene rings is 1. The van der Waals surface area contributed by atoms with Crippen molar-refractivity contribution in [1.29, 1.82) is 0 Å². The molecule has 0 unspecified atom stereocenters. The van der Waals surface area contributed by atoms with Crippen LogP contribution in [0.2, 0.25) is 5.02 Å². The summed E-state index contributed by atoms with van der Waals surface area (Å²) in [6.45, 7) is 0.0713. The first-order valence-corrected chi connectivity index (χ1v) is 3.79. The van der Waals surface area contributed by atoms with Gasteiger partial charge in [0.1, 0.15) is 11.6 Å². The summed E-state index contributed by atoms with van der Waals surface area (Å²) in [5.41, 5.74) is 5.58. The SMILES string of the molecule is COc1ccc(F)c(CN)c1Cl. The van der Waals surface area contributed by atoms with Gasteiger partial charge in [0.2, 0.25) is 0 Å². The van der Waals surface area contributed by atoms with Crippen molar-refractivity contribution in [3.63, 3.8) is 0 Å². The van der Waals surface area contributed by atoms with Crippen LogP contribution >= 0.6 is 11.6 Å². The Balaban J connectivity index is 3.24. The van der Waals surface area contributed by atoms with Crippen LogP contribution in [0.1, 0.15) is 5.56 Å². The molecule has 0 aliphatic rings. The van der Waals surface area contributed by atoms with Crippen molar-refractivity contribution >= 4 is 11.6 Å². The van der Waals surface area contributed by atoms with Gasteiger partial charge in [-0.3, -0.25) is 0 Å². The Morgan fingerprint density at radius 3 is 2.75 bits per heavy atom. The molecule has 1 aromatic rings. The lowest BCUT2D eigenvalue weighted by Crippen LogP contribution is -2.01. The summed E-state index contributed by atoms with van der Waals surface area (Å²) in [5, 5.41) is 0.250. The maximum Gasteiger partial charge on any atom is 0.137 e. The summed E-state index contributed by atoms with van der Waals surface area (Å²) in [4.78, 5) is 0. The molecule has 0 spiro atoms. The molecule has 0 fully saturated rings. The van der Waals surface area contributed by atoms with Gasteiger partial charge < -0.3 is 10.5 Å². The summed E-state index contributed by atoms with van der Waals surface area (Å²) >= 11 is 5.77. The first kappa shape index (κ1) is 9.29. The Morgan fingerprint density at radius 2 is 2.25 bits per heavy atom. The maximum absolute atomic E-state index is 12.9. The van der Waals surface area contributed by atoms with Gasteiger partial charge in [-0.2, -0.15) is 0 Å². The zero-order chi connectivity index (χ0) is 9.14.